The second kappa shape index (κ2) is 7.93. The highest BCUT2D eigenvalue weighted by atomic mass is 15.1. The first kappa shape index (κ1) is 14.8. The van der Waals surface area contributed by atoms with Crippen LogP contribution in [-0.2, 0) is 0 Å². The van der Waals surface area contributed by atoms with E-state index in [0.29, 0.717) is 0 Å². The van der Waals surface area contributed by atoms with Gasteiger partial charge in [0.25, 0.3) is 0 Å². The number of hydrogen-bond acceptors (Lipinski definition) is 2. The molecule has 0 aliphatic carbocycles. The van der Waals surface area contributed by atoms with Crippen molar-refractivity contribution in [1.82, 2.24) is 5.32 Å². The number of hydrogen-bond donors (Lipinski definition) is 1. The van der Waals surface area contributed by atoms with Crippen molar-refractivity contribution in [3.05, 3.63) is 42.0 Å². The maximum atomic E-state index is 4.17. The molecule has 2 heteroatoms. The lowest BCUT2D eigenvalue weighted by Crippen LogP contribution is -2.29. The number of nitrogens with one attached hydrogen (secondary N) is 1. The number of benzene rings is 1. The van der Waals surface area contributed by atoms with Gasteiger partial charge in [0.15, 0.2) is 0 Å². The molecule has 1 aromatic rings. The molecule has 0 bridgehead atoms. The molecule has 0 unspecified atom stereocenters. The summed E-state index contributed by atoms with van der Waals surface area (Å²) in [6.45, 7) is 14.6. The first-order valence-corrected chi connectivity index (χ1v) is 6.87. The van der Waals surface area contributed by atoms with Crippen molar-refractivity contribution in [3.63, 3.8) is 0 Å². The molecule has 1 aromatic carbocycles. The normalized spacial score (nSPS) is 10.4. The average molecular weight is 246 g/mol. The van der Waals surface area contributed by atoms with Gasteiger partial charge in [-0.05, 0) is 44.0 Å². The molecule has 100 valence electrons. The van der Waals surface area contributed by atoms with E-state index in [4.69, 9.17) is 0 Å². The number of nitrogens with zero attached hydrogens (tertiary/aromatic N) is 1. The number of aryl methyl sites for hydroxylation is 1. The Labute approximate surface area is 112 Å². The van der Waals surface area contributed by atoms with Crippen LogP contribution in [-0.4, -0.2) is 26.2 Å². The Hall–Kier alpha value is -1.28. The summed E-state index contributed by atoms with van der Waals surface area (Å²) >= 11 is 0. The molecule has 0 atom stereocenters. The Morgan fingerprint density at radius 3 is 2.61 bits per heavy atom. The molecule has 0 saturated heterocycles. The molecule has 0 aliphatic heterocycles. The molecule has 0 radical (unpaired) electrons. The van der Waals surface area contributed by atoms with Crippen molar-refractivity contribution in [1.29, 1.82) is 0 Å². The van der Waals surface area contributed by atoms with E-state index in [-0.39, 0.29) is 0 Å². The number of para-hydroxylation sites is 1. The summed E-state index contributed by atoms with van der Waals surface area (Å²) in [6.07, 6.45) is 1.17. The smallest absolute Gasteiger partial charge is 0.0398 e. The van der Waals surface area contributed by atoms with Crippen LogP contribution in [0.2, 0.25) is 0 Å². The molecule has 0 aromatic heterocycles. The van der Waals surface area contributed by atoms with E-state index < -0.39 is 0 Å². The van der Waals surface area contributed by atoms with Crippen molar-refractivity contribution < 1.29 is 0 Å². The van der Waals surface area contributed by atoms with Gasteiger partial charge in [0, 0.05) is 25.3 Å². The first-order chi connectivity index (χ1) is 8.69. The van der Waals surface area contributed by atoms with E-state index >= 15 is 0 Å². The molecule has 2 nitrogen and oxygen atoms in total. The zero-order chi connectivity index (χ0) is 13.4. The minimum absolute atomic E-state index is 0.913. The van der Waals surface area contributed by atoms with Gasteiger partial charge in [-0.25, -0.2) is 0 Å². The van der Waals surface area contributed by atoms with Gasteiger partial charge in [0.1, 0.15) is 0 Å². The highest BCUT2D eigenvalue weighted by Gasteiger charge is 2.07. The van der Waals surface area contributed by atoms with E-state index in [9.17, 15) is 0 Å². The second-order valence-corrected chi connectivity index (χ2v) is 4.73. The number of rotatable bonds is 8. The van der Waals surface area contributed by atoms with Crippen LogP contribution in [0.3, 0.4) is 0 Å². The first-order valence-electron chi connectivity index (χ1n) is 6.87. The monoisotopic (exact) mass is 246 g/mol. The van der Waals surface area contributed by atoms with Crippen molar-refractivity contribution in [2.24, 2.45) is 0 Å². The minimum atomic E-state index is 0.913. The lowest BCUT2D eigenvalue weighted by Gasteiger charge is -2.26. The van der Waals surface area contributed by atoms with Crippen LogP contribution in [0.15, 0.2) is 36.4 Å². The van der Waals surface area contributed by atoms with Gasteiger partial charge in [-0.2, -0.15) is 0 Å². The SMILES string of the molecule is C=C(CNCCC)CN(CC)c1ccccc1C. The molecule has 0 fully saturated rings. The Bertz CT molecular complexity index is 371. The third-order valence-electron chi connectivity index (χ3n) is 3.05. The molecular weight excluding hydrogens is 220 g/mol. The van der Waals surface area contributed by atoms with E-state index in [0.717, 1.165) is 26.2 Å². The summed E-state index contributed by atoms with van der Waals surface area (Å²) in [5.74, 6) is 0. The third kappa shape index (κ3) is 4.53. The lowest BCUT2D eigenvalue weighted by atomic mass is 10.1. The highest BCUT2D eigenvalue weighted by molar-refractivity contribution is 5.53. The Morgan fingerprint density at radius 2 is 2.00 bits per heavy atom. The minimum Gasteiger partial charge on any atom is -0.368 e. The molecule has 1 rings (SSSR count). The summed E-state index contributed by atoms with van der Waals surface area (Å²) < 4.78 is 0. The van der Waals surface area contributed by atoms with Gasteiger partial charge in [-0.3, -0.25) is 0 Å². The zero-order valence-corrected chi connectivity index (χ0v) is 12.0. The Morgan fingerprint density at radius 1 is 1.28 bits per heavy atom. The maximum absolute atomic E-state index is 4.17. The topological polar surface area (TPSA) is 15.3 Å². The summed E-state index contributed by atoms with van der Waals surface area (Å²) in [6, 6.07) is 8.54. The predicted octanol–water partition coefficient (Wildman–Crippen LogP) is 3.38. The van der Waals surface area contributed by atoms with Gasteiger partial charge in [0.2, 0.25) is 0 Å². The number of anilines is 1. The van der Waals surface area contributed by atoms with E-state index in [1.165, 1.54) is 23.2 Å². The fourth-order valence-corrected chi connectivity index (χ4v) is 2.05. The van der Waals surface area contributed by atoms with Crippen LogP contribution >= 0.6 is 0 Å². The van der Waals surface area contributed by atoms with Crippen LogP contribution in [0.5, 0.6) is 0 Å². The van der Waals surface area contributed by atoms with E-state index in [1.54, 1.807) is 0 Å². The molecule has 0 amide bonds. The Kier molecular flexibility index (Phi) is 6.51. The van der Waals surface area contributed by atoms with Crippen molar-refractivity contribution in [2.75, 3.05) is 31.1 Å². The molecule has 0 aliphatic rings. The van der Waals surface area contributed by atoms with Gasteiger partial charge >= 0.3 is 0 Å². The summed E-state index contributed by atoms with van der Waals surface area (Å²) in [5, 5.41) is 3.40. The largest absolute Gasteiger partial charge is 0.368 e. The molecule has 0 spiro atoms. The van der Waals surface area contributed by atoms with Crippen molar-refractivity contribution >= 4 is 5.69 Å². The second-order valence-electron chi connectivity index (χ2n) is 4.73. The summed E-state index contributed by atoms with van der Waals surface area (Å²) in [5.41, 5.74) is 3.89. The van der Waals surface area contributed by atoms with Gasteiger partial charge in [-0.1, -0.05) is 31.7 Å². The number of likely N-dealkylation sites (N-methyl/N-ethyl adjacent to an activating group) is 1. The summed E-state index contributed by atoms with van der Waals surface area (Å²) in [7, 11) is 0. The zero-order valence-electron chi connectivity index (χ0n) is 12.0. The van der Waals surface area contributed by atoms with Crippen LogP contribution in [0.25, 0.3) is 0 Å². The fourth-order valence-electron chi connectivity index (χ4n) is 2.05. The van der Waals surface area contributed by atoms with Crippen molar-refractivity contribution in [2.45, 2.75) is 27.2 Å². The van der Waals surface area contributed by atoms with E-state index in [1.807, 2.05) is 0 Å². The van der Waals surface area contributed by atoms with E-state index in [2.05, 4.69) is 61.8 Å². The Balaban J connectivity index is 2.57. The molecule has 18 heavy (non-hydrogen) atoms. The summed E-state index contributed by atoms with van der Waals surface area (Å²) in [4.78, 5) is 2.38. The van der Waals surface area contributed by atoms with Crippen LogP contribution in [0, 0.1) is 6.92 Å². The molecule has 0 saturated carbocycles. The maximum Gasteiger partial charge on any atom is 0.0398 e. The van der Waals surface area contributed by atoms with Crippen LogP contribution < -0.4 is 10.2 Å². The predicted molar refractivity (Wildman–Crippen MR) is 81.4 cm³/mol. The lowest BCUT2D eigenvalue weighted by molar-refractivity contribution is 0.701. The molecular formula is C16H26N2. The van der Waals surface area contributed by atoms with Gasteiger partial charge in [0.05, 0.1) is 0 Å². The standard InChI is InChI=1S/C16H26N2/c1-5-11-17-12-14(3)13-18(6-2)16-10-8-7-9-15(16)4/h7-10,17H,3,5-6,11-13H2,1-2,4H3. The van der Waals surface area contributed by atoms with Crippen molar-refractivity contribution in [3.8, 4) is 0 Å². The van der Waals surface area contributed by atoms with Crippen LogP contribution in [0.1, 0.15) is 25.8 Å². The highest BCUT2D eigenvalue weighted by Crippen LogP contribution is 2.19. The average Bonchev–Trinajstić information content (AvgIpc) is 2.37. The molecule has 0 heterocycles. The fraction of sp³-hybridized carbons (Fsp3) is 0.500. The quantitative estimate of drug-likeness (QED) is 0.559. The molecule has 1 N–H and O–H groups in total. The third-order valence-corrected chi connectivity index (χ3v) is 3.05. The van der Waals surface area contributed by atoms with Crippen LogP contribution in [0.4, 0.5) is 5.69 Å². The van der Waals surface area contributed by atoms with Gasteiger partial charge < -0.3 is 10.2 Å². The van der Waals surface area contributed by atoms with Gasteiger partial charge in [-0.15, -0.1) is 0 Å².